The van der Waals surface area contributed by atoms with Crippen LogP contribution in [0.3, 0.4) is 0 Å². The van der Waals surface area contributed by atoms with E-state index in [0.29, 0.717) is 6.04 Å². The summed E-state index contributed by atoms with van der Waals surface area (Å²) in [4.78, 5) is 0. The van der Waals surface area contributed by atoms with Crippen LogP contribution in [0.2, 0.25) is 0 Å². The van der Waals surface area contributed by atoms with Crippen molar-refractivity contribution < 1.29 is 0 Å². The van der Waals surface area contributed by atoms with Gasteiger partial charge in [-0.3, -0.25) is 4.68 Å². The maximum atomic E-state index is 4.23. The molecule has 2 rings (SSSR count). The van der Waals surface area contributed by atoms with Crippen molar-refractivity contribution in [3.8, 4) is 0 Å². The molecule has 0 saturated carbocycles. The molecule has 2 aromatic rings. The molecule has 3 heteroatoms. The SMILES string of the molecule is CCNC(CCc1ccnn1C)c1ccc(CC)cc1. The highest BCUT2D eigenvalue weighted by Crippen LogP contribution is 2.20. The maximum Gasteiger partial charge on any atom is 0.0492 e. The molecular weight excluding hydrogens is 246 g/mol. The average Bonchev–Trinajstić information content (AvgIpc) is 2.89. The van der Waals surface area contributed by atoms with Crippen molar-refractivity contribution in [2.75, 3.05) is 6.54 Å². The summed E-state index contributed by atoms with van der Waals surface area (Å²) in [6.07, 6.45) is 5.11. The predicted octanol–water partition coefficient (Wildman–Crippen LogP) is 3.27. The molecule has 0 radical (unpaired) electrons. The van der Waals surface area contributed by atoms with E-state index in [1.807, 2.05) is 17.9 Å². The molecule has 0 aliphatic carbocycles. The lowest BCUT2D eigenvalue weighted by atomic mass is 9.99. The summed E-state index contributed by atoms with van der Waals surface area (Å²) >= 11 is 0. The summed E-state index contributed by atoms with van der Waals surface area (Å²) in [7, 11) is 2.01. The number of hydrogen-bond acceptors (Lipinski definition) is 2. The van der Waals surface area contributed by atoms with Gasteiger partial charge in [-0.15, -0.1) is 0 Å². The Morgan fingerprint density at radius 3 is 2.45 bits per heavy atom. The molecule has 0 saturated heterocycles. The van der Waals surface area contributed by atoms with E-state index >= 15 is 0 Å². The molecule has 3 nitrogen and oxygen atoms in total. The van der Waals surface area contributed by atoms with Gasteiger partial charge in [0.05, 0.1) is 0 Å². The molecule has 1 atom stereocenters. The van der Waals surface area contributed by atoms with Crippen LogP contribution in [0.15, 0.2) is 36.5 Å². The second-order valence-electron chi connectivity index (χ2n) is 5.19. The van der Waals surface area contributed by atoms with Gasteiger partial charge in [0.2, 0.25) is 0 Å². The molecule has 1 heterocycles. The first-order chi connectivity index (χ1) is 9.74. The quantitative estimate of drug-likeness (QED) is 0.837. The van der Waals surface area contributed by atoms with Crippen molar-refractivity contribution >= 4 is 0 Å². The van der Waals surface area contributed by atoms with E-state index < -0.39 is 0 Å². The zero-order valence-corrected chi connectivity index (χ0v) is 12.8. The third-order valence-electron chi connectivity index (χ3n) is 3.85. The van der Waals surface area contributed by atoms with Crippen molar-refractivity contribution in [1.29, 1.82) is 0 Å². The number of nitrogens with one attached hydrogen (secondary N) is 1. The molecule has 0 bridgehead atoms. The number of rotatable bonds is 7. The number of benzene rings is 1. The Labute approximate surface area is 122 Å². The van der Waals surface area contributed by atoms with E-state index in [1.165, 1.54) is 16.8 Å². The first-order valence-corrected chi connectivity index (χ1v) is 7.53. The Balaban J connectivity index is 2.04. The van der Waals surface area contributed by atoms with Crippen LogP contribution >= 0.6 is 0 Å². The highest BCUT2D eigenvalue weighted by molar-refractivity contribution is 5.25. The van der Waals surface area contributed by atoms with Crippen LogP contribution in [-0.2, 0) is 19.9 Å². The molecule has 0 spiro atoms. The van der Waals surface area contributed by atoms with Gasteiger partial charge < -0.3 is 5.32 Å². The van der Waals surface area contributed by atoms with E-state index in [-0.39, 0.29) is 0 Å². The highest BCUT2D eigenvalue weighted by atomic mass is 15.2. The first kappa shape index (κ1) is 14.8. The van der Waals surface area contributed by atoms with E-state index in [2.05, 4.69) is 54.6 Å². The van der Waals surface area contributed by atoms with Gasteiger partial charge in [0.15, 0.2) is 0 Å². The van der Waals surface area contributed by atoms with Crippen LogP contribution in [0.5, 0.6) is 0 Å². The van der Waals surface area contributed by atoms with E-state index in [4.69, 9.17) is 0 Å². The summed E-state index contributed by atoms with van der Waals surface area (Å²) in [5.41, 5.74) is 4.07. The predicted molar refractivity (Wildman–Crippen MR) is 83.8 cm³/mol. The monoisotopic (exact) mass is 271 g/mol. The molecule has 108 valence electrons. The third-order valence-corrected chi connectivity index (χ3v) is 3.85. The second-order valence-corrected chi connectivity index (χ2v) is 5.19. The fourth-order valence-corrected chi connectivity index (χ4v) is 2.56. The average molecular weight is 271 g/mol. The molecule has 1 aromatic heterocycles. The van der Waals surface area contributed by atoms with Gasteiger partial charge in [-0.05, 0) is 43.0 Å². The lowest BCUT2D eigenvalue weighted by Gasteiger charge is -2.18. The van der Waals surface area contributed by atoms with Crippen molar-refractivity contribution in [3.63, 3.8) is 0 Å². The van der Waals surface area contributed by atoms with Crippen LogP contribution in [0.25, 0.3) is 0 Å². The molecule has 0 amide bonds. The summed E-state index contributed by atoms with van der Waals surface area (Å²) in [5.74, 6) is 0. The molecule has 1 N–H and O–H groups in total. The van der Waals surface area contributed by atoms with Crippen LogP contribution in [-0.4, -0.2) is 16.3 Å². The van der Waals surface area contributed by atoms with Gasteiger partial charge in [-0.25, -0.2) is 0 Å². The van der Waals surface area contributed by atoms with Crippen molar-refractivity contribution in [1.82, 2.24) is 15.1 Å². The molecule has 0 aliphatic heterocycles. The van der Waals surface area contributed by atoms with Crippen LogP contribution in [0.4, 0.5) is 0 Å². The molecule has 20 heavy (non-hydrogen) atoms. The molecule has 0 fully saturated rings. The lowest BCUT2D eigenvalue weighted by molar-refractivity contribution is 0.506. The fraction of sp³-hybridized carbons (Fsp3) is 0.471. The molecule has 1 unspecified atom stereocenters. The summed E-state index contributed by atoms with van der Waals surface area (Å²) in [5, 5.41) is 7.82. The first-order valence-electron chi connectivity index (χ1n) is 7.53. The number of aromatic nitrogens is 2. The van der Waals surface area contributed by atoms with Gasteiger partial charge in [0.1, 0.15) is 0 Å². The second kappa shape index (κ2) is 7.25. The Morgan fingerprint density at radius 1 is 1.15 bits per heavy atom. The minimum atomic E-state index is 0.417. The molecular formula is C17H25N3. The standard InChI is InChI=1S/C17H25N3/c1-4-14-6-8-15(9-7-14)17(18-5-2)11-10-16-12-13-19-20(16)3/h6-9,12-13,17-18H,4-5,10-11H2,1-3H3. The van der Waals surface area contributed by atoms with Gasteiger partial charge in [-0.1, -0.05) is 38.1 Å². The Morgan fingerprint density at radius 2 is 1.90 bits per heavy atom. The summed E-state index contributed by atoms with van der Waals surface area (Å²) in [6, 6.07) is 11.5. The number of hydrogen-bond donors (Lipinski definition) is 1. The van der Waals surface area contributed by atoms with Gasteiger partial charge >= 0.3 is 0 Å². The Hall–Kier alpha value is -1.61. The third kappa shape index (κ3) is 3.70. The zero-order chi connectivity index (χ0) is 14.4. The normalized spacial score (nSPS) is 12.6. The molecule has 1 aromatic carbocycles. The van der Waals surface area contributed by atoms with Crippen LogP contribution in [0.1, 0.15) is 43.1 Å². The van der Waals surface area contributed by atoms with E-state index in [1.54, 1.807) is 0 Å². The van der Waals surface area contributed by atoms with Crippen molar-refractivity contribution in [2.45, 2.75) is 39.2 Å². The topological polar surface area (TPSA) is 29.9 Å². The minimum absolute atomic E-state index is 0.417. The van der Waals surface area contributed by atoms with Crippen LogP contribution < -0.4 is 5.32 Å². The molecule has 0 aliphatic rings. The maximum absolute atomic E-state index is 4.23. The highest BCUT2D eigenvalue weighted by Gasteiger charge is 2.11. The van der Waals surface area contributed by atoms with Gasteiger partial charge in [0, 0.05) is 25.0 Å². The number of nitrogens with zero attached hydrogens (tertiary/aromatic N) is 2. The minimum Gasteiger partial charge on any atom is -0.310 e. The van der Waals surface area contributed by atoms with Crippen molar-refractivity contribution in [3.05, 3.63) is 53.3 Å². The fourth-order valence-electron chi connectivity index (χ4n) is 2.56. The van der Waals surface area contributed by atoms with Crippen molar-refractivity contribution in [2.24, 2.45) is 7.05 Å². The van der Waals surface area contributed by atoms with E-state index in [0.717, 1.165) is 25.8 Å². The summed E-state index contributed by atoms with van der Waals surface area (Å²) in [6.45, 7) is 5.35. The lowest BCUT2D eigenvalue weighted by Crippen LogP contribution is -2.21. The van der Waals surface area contributed by atoms with Gasteiger partial charge in [-0.2, -0.15) is 5.10 Å². The van der Waals surface area contributed by atoms with Crippen LogP contribution in [0, 0.1) is 0 Å². The zero-order valence-electron chi connectivity index (χ0n) is 12.8. The van der Waals surface area contributed by atoms with E-state index in [9.17, 15) is 0 Å². The number of aryl methyl sites for hydroxylation is 3. The Kier molecular flexibility index (Phi) is 5.36. The Bertz CT molecular complexity index is 513. The van der Waals surface area contributed by atoms with Gasteiger partial charge in [0.25, 0.3) is 0 Å². The summed E-state index contributed by atoms with van der Waals surface area (Å²) < 4.78 is 1.96. The largest absolute Gasteiger partial charge is 0.310 e. The smallest absolute Gasteiger partial charge is 0.0492 e.